The van der Waals surface area contributed by atoms with E-state index in [1.54, 1.807) is 14.2 Å². The van der Waals surface area contributed by atoms with Gasteiger partial charge in [-0.25, -0.2) is 0 Å². The van der Waals surface area contributed by atoms with E-state index in [0.29, 0.717) is 18.8 Å². The van der Waals surface area contributed by atoms with Gasteiger partial charge in [-0.3, -0.25) is 0 Å². The van der Waals surface area contributed by atoms with Crippen molar-refractivity contribution in [2.45, 2.75) is 13.5 Å². The summed E-state index contributed by atoms with van der Waals surface area (Å²) < 4.78 is 10.4. The normalized spacial score (nSPS) is 9.94. The van der Waals surface area contributed by atoms with Crippen LogP contribution in [0.15, 0.2) is 12.1 Å². The molecule has 0 aliphatic carbocycles. The first kappa shape index (κ1) is 12.5. The average Bonchev–Trinajstić information content (AvgIpc) is 2.31. The second kappa shape index (κ2) is 6.12. The van der Waals surface area contributed by atoms with E-state index in [9.17, 15) is 4.79 Å². The fraction of sp³-hybridized carbons (Fsp3) is 0.417. The minimum atomic E-state index is 0.355. The van der Waals surface area contributed by atoms with Crippen molar-refractivity contribution >= 4 is 6.29 Å². The van der Waals surface area contributed by atoms with Gasteiger partial charge in [-0.2, -0.15) is 0 Å². The van der Waals surface area contributed by atoms with Crippen LogP contribution in [0.4, 0.5) is 0 Å². The summed E-state index contributed by atoms with van der Waals surface area (Å²) in [4.78, 5) is 10.2. The second-order valence-corrected chi connectivity index (χ2v) is 3.43. The highest BCUT2D eigenvalue weighted by molar-refractivity contribution is 5.52. The number of ether oxygens (including phenoxy) is 2. The van der Waals surface area contributed by atoms with Gasteiger partial charge in [-0.1, -0.05) is 0 Å². The molecule has 0 aliphatic rings. The molecule has 4 heteroatoms. The Kier molecular flexibility index (Phi) is 4.79. The first-order valence-electron chi connectivity index (χ1n) is 5.08. The lowest BCUT2D eigenvalue weighted by Crippen LogP contribution is -2.16. The van der Waals surface area contributed by atoms with Crippen LogP contribution in [0.2, 0.25) is 0 Å². The highest BCUT2D eigenvalue weighted by Crippen LogP contribution is 2.30. The lowest BCUT2D eigenvalue weighted by molar-refractivity contribution is -0.107. The molecular weight excluding hydrogens is 206 g/mol. The Bertz CT molecular complexity index is 364. The second-order valence-electron chi connectivity index (χ2n) is 3.43. The maximum atomic E-state index is 10.2. The number of hydrogen-bond acceptors (Lipinski definition) is 4. The fourth-order valence-corrected chi connectivity index (χ4v) is 1.48. The summed E-state index contributed by atoms with van der Waals surface area (Å²) in [6.45, 7) is 3.00. The quantitative estimate of drug-likeness (QED) is 0.583. The molecule has 0 saturated carbocycles. The number of aryl methyl sites for hydroxylation is 1. The first-order valence-corrected chi connectivity index (χ1v) is 5.08. The van der Waals surface area contributed by atoms with Crippen molar-refractivity contribution in [2.24, 2.45) is 0 Å². The molecule has 1 N–H and O–H groups in total. The van der Waals surface area contributed by atoms with Crippen molar-refractivity contribution in [3.05, 3.63) is 23.3 Å². The molecule has 0 radical (unpaired) electrons. The molecule has 16 heavy (non-hydrogen) atoms. The number of carbonyl (C=O) groups is 1. The number of aldehydes is 1. The summed E-state index contributed by atoms with van der Waals surface area (Å²) in [5.41, 5.74) is 2.20. The molecule has 0 unspecified atom stereocenters. The molecule has 0 aromatic heterocycles. The Labute approximate surface area is 95.6 Å². The molecule has 1 rings (SSSR count). The monoisotopic (exact) mass is 223 g/mol. The van der Waals surface area contributed by atoms with Crippen LogP contribution >= 0.6 is 0 Å². The van der Waals surface area contributed by atoms with Crippen LogP contribution < -0.4 is 14.8 Å². The van der Waals surface area contributed by atoms with Crippen molar-refractivity contribution in [3.8, 4) is 11.5 Å². The summed E-state index contributed by atoms with van der Waals surface area (Å²) in [5.74, 6) is 1.43. The molecular formula is C12H17NO3. The number of methoxy groups -OCH3 is 2. The molecule has 0 saturated heterocycles. The van der Waals surface area contributed by atoms with E-state index in [1.165, 1.54) is 0 Å². The van der Waals surface area contributed by atoms with Gasteiger partial charge in [-0.05, 0) is 30.2 Å². The molecule has 1 aromatic carbocycles. The van der Waals surface area contributed by atoms with Gasteiger partial charge in [0.25, 0.3) is 0 Å². The van der Waals surface area contributed by atoms with E-state index in [1.807, 2.05) is 19.1 Å². The third-order valence-corrected chi connectivity index (χ3v) is 2.39. The number of benzene rings is 1. The summed E-state index contributed by atoms with van der Waals surface area (Å²) in [5, 5.41) is 3.02. The summed E-state index contributed by atoms with van der Waals surface area (Å²) in [6.07, 6.45) is 0.843. The van der Waals surface area contributed by atoms with Gasteiger partial charge in [0.1, 0.15) is 6.29 Å². The Morgan fingerprint density at radius 3 is 2.44 bits per heavy atom. The van der Waals surface area contributed by atoms with Crippen LogP contribution in [0, 0.1) is 6.92 Å². The van der Waals surface area contributed by atoms with Crippen LogP contribution in [0.1, 0.15) is 11.1 Å². The minimum Gasteiger partial charge on any atom is -0.493 e. The smallest absolute Gasteiger partial charge is 0.161 e. The largest absolute Gasteiger partial charge is 0.493 e. The highest BCUT2D eigenvalue weighted by atomic mass is 16.5. The summed E-state index contributed by atoms with van der Waals surface area (Å²) >= 11 is 0. The Balaban J connectivity index is 2.88. The Morgan fingerprint density at radius 2 is 1.88 bits per heavy atom. The van der Waals surface area contributed by atoms with Crippen LogP contribution in [0.5, 0.6) is 11.5 Å². The van der Waals surface area contributed by atoms with Crippen LogP contribution in [0.25, 0.3) is 0 Å². The standard InChI is InChI=1S/C12H17NO3/c1-9-6-11(15-2)12(16-3)7-10(9)8-13-4-5-14/h5-7,13H,4,8H2,1-3H3. The molecule has 0 atom stereocenters. The zero-order chi connectivity index (χ0) is 12.0. The summed E-state index contributed by atoms with van der Waals surface area (Å²) in [7, 11) is 3.22. The van der Waals surface area contributed by atoms with E-state index in [2.05, 4.69) is 5.32 Å². The van der Waals surface area contributed by atoms with Crippen molar-refractivity contribution in [2.75, 3.05) is 20.8 Å². The van der Waals surface area contributed by atoms with Crippen molar-refractivity contribution < 1.29 is 14.3 Å². The maximum absolute atomic E-state index is 10.2. The van der Waals surface area contributed by atoms with Gasteiger partial charge in [0.05, 0.1) is 20.8 Å². The lowest BCUT2D eigenvalue weighted by Gasteiger charge is -2.12. The van der Waals surface area contributed by atoms with Crippen molar-refractivity contribution in [1.29, 1.82) is 0 Å². The van der Waals surface area contributed by atoms with Crippen LogP contribution in [-0.4, -0.2) is 27.1 Å². The molecule has 0 fully saturated rings. The van der Waals surface area contributed by atoms with Crippen molar-refractivity contribution in [3.63, 3.8) is 0 Å². The molecule has 4 nitrogen and oxygen atoms in total. The van der Waals surface area contributed by atoms with Crippen molar-refractivity contribution in [1.82, 2.24) is 5.32 Å². The van der Waals surface area contributed by atoms with Gasteiger partial charge in [0.15, 0.2) is 11.5 Å². The van der Waals surface area contributed by atoms with Gasteiger partial charge < -0.3 is 19.6 Å². The molecule has 88 valence electrons. The predicted octanol–water partition coefficient (Wildman–Crippen LogP) is 1.30. The average molecular weight is 223 g/mol. The third-order valence-electron chi connectivity index (χ3n) is 2.39. The Hall–Kier alpha value is -1.55. The molecule has 0 heterocycles. The molecule has 0 bridgehead atoms. The molecule has 0 amide bonds. The number of rotatable bonds is 6. The van der Waals surface area contributed by atoms with E-state index in [4.69, 9.17) is 9.47 Å². The third kappa shape index (κ3) is 2.97. The van der Waals surface area contributed by atoms with E-state index < -0.39 is 0 Å². The summed E-state index contributed by atoms with van der Waals surface area (Å²) in [6, 6.07) is 3.85. The first-order chi connectivity index (χ1) is 7.72. The molecule has 0 aliphatic heterocycles. The topological polar surface area (TPSA) is 47.6 Å². The Morgan fingerprint density at radius 1 is 1.25 bits per heavy atom. The van der Waals surface area contributed by atoms with Gasteiger partial charge in [0.2, 0.25) is 0 Å². The van der Waals surface area contributed by atoms with Gasteiger partial charge in [0, 0.05) is 6.54 Å². The van der Waals surface area contributed by atoms with E-state index >= 15 is 0 Å². The van der Waals surface area contributed by atoms with Gasteiger partial charge in [-0.15, -0.1) is 0 Å². The van der Waals surface area contributed by atoms with Crippen LogP contribution in [-0.2, 0) is 11.3 Å². The lowest BCUT2D eigenvalue weighted by atomic mass is 10.1. The molecule has 0 spiro atoms. The van der Waals surface area contributed by atoms with E-state index in [-0.39, 0.29) is 0 Å². The predicted molar refractivity (Wildman–Crippen MR) is 62.1 cm³/mol. The maximum Gasteiger partial charge on any atom is 0.161 e. The van der Waals surface area contributed by atoms with Crippen LogP contribution in [0.3, 0.4) is 0 Å². The number of hydrogen-bond donors (Lipinski definition) is 1. The molecule has 1 aromatic rings. The minimum absolute atomic E-state index is 0.355. The number of nitrogens with one attached hydrogen (secondary N) is 1. The van der Waals surface area contributed by atoms with Gasteiger partial charge >= 0.3 is 0 Å². The SMILES string of the molecule is COc1cc(C)c(CNCC=O)cc1OC. The van der Waals surface area contributed by atoms with E-state index in [0.717, 1.165) is 23.2 Å². The highest BCUT2D eigenvalue weighted by Gasteiger charge is 2.07. The number of carbonyl (C=O) groups excluding carboxylic acids is 1. The fourth-order valence-electron chi connectivity index (χ4n) is 1.48. The zero-order valence-electron chi connectivity index (χ0n) is 9.87. The zero-order valence-corrected chi connectivity index (χ0v) is 9.87.